The van der Waals surface area contributed by atoms with Crippen molar-refractivity contribution in [2.45, 2.75) is 59.0 Å². The summed E-state index contributed by atoms with van der Waals surface area (Å²) in [4.78, 5) is 10.6. The molecule has 13 heavy (non-hydrogen) atoms. The van der Waals surface area contributed by atoms with Gasteiger partial charge in [0, 0.05) is 0 Å². The van der Waals surface area contributed by atoms with Crippen LogP contribution in [0.1, 0.15) is 52.9 Å². The lowest BCUT2D eigenvalue weighted by Gasteiger charge is -2.23. The highest BCUT2D eigenvalue weighted by molar-refractivity contribution is 4.63. The third-order valence-electron chi connectivity index (χ3n) is 2.25. The van der Waals surface area contributed by atoms with Crippen LogP contribution in [0.25, 0.3) is 0 Å². The summed E-state index contributed by atoms with van der Waals surface area (Å²) in [7, 11) is 0. The molecule has 1 saturated carbocycles. The van der Waals surface area contributed by atoms with Crippen LogP contribution in [0.2, 0.25) is 0 Å². The minimum atomic E-state index is 0.203. The molecule has 0 amide bonds. The average molecular weight is 186 g/mol. The van der Waals surface area contributed by atoms with Crippen molar-refractivity contribution in [3.05, 3.63) is 0 Å². The monoisotopic (exact) mass is 186 g/mol. The third kappa shape index (κ3) is 5.27. The Morgan fingerprint density at radius 2 is 1.69 bits per heavy atom. The van der Waals surface area contributed by atoms with Crippen LogP contribution in [0.5, 0.6) is 0 Å². The molecule has 78 valence electrons. The maximum absolute atomic E-state index is 5.36. The summed E-state index contributed by atoms with van der Waals surface area (Å²) in [5.41, 5.74) is 0.203. The molecule has 0 unspecified atom stereocenters. The smallest absolute Gasteiger partial charge is 0.0930 e. The first-order valence-electron chi connectivity index (χ1n) is 5.36. The summed E-state index contributed by atoms with van der Waals surface area (Å²) in [5.74, 6) is 0. The first-order valence-corrected chi connectivity index (χ1v) is 5.36. The van der Waals surface area contributed by atoms with Crippen molar-refractivity contribution in [1.29, 1.82) is 0 Å². The van der Waals surface area contributed by atoms with Crippen molar-refractivity contribution in [3.8, 4) is 0 Å². The molecule has 0 aromatic rings. The van der Waals surface area contributed by atoms with E-state index >= 15 is 0 Å². The predicted octanol–water partition coefficient (Wildman–Crippen LogP) is 3.31. The largest absolute Gasteiger partial charge is 0.236 e. The Kier molecular flexibility index (Phi) is 4.20. The Balaban J connectivity index is 2.04. The molecule has 2 nitrogen and oxygen atoms in total. The van der Waals surface area contributed by atoms with E-state index in [-0.39, 0.29) is 5.41 Å². The van der Waals surface area contributed by atoms with Crippen molar-refractivity contribution in [3.63, 3.8) is 0 Å². The fraction of sp³-hybridized carbons (Fsp3) is 1.00. The van der Waals surface area contributed by atoms with Gasteiger partial charge in [0.1, 0.15) is 0 Å². The van der Waals surface area contributed by atoms with Gasteiger partial charge in [-0.1, -0.05) is 40.0 Å². The Labute approximate surface area is 81.5 Å². The second-order valence-corrected chi connectivity index (χ2v) is 5.18. The molecule has 0 N–H and O–H groups in total. The number of hydrogen-bond donors (Lipinski definition) is 0. The highest BCUT2D eigenvalue weighted by Gasteiger charge is 2.16. The zero-order valence-corrected chi connectivity index (χ0v) is 9.14. The van der Waals surface area contributed by atoms with Crippen LogP contribution < -0.4 is 0 Å². The highest BCUT2D eigenvalue weighted by Crippen LogP contribution is 2.21. The fourth-order valence-corrected chi connectivity index (χ4v) is 1.47. The normalized spacial score (nSPS) is 20.5. The lowest BCUT2D eigenvalue weighted by Crippen LogP contribution is -2.21. The van der Waals surface area contributed by atoms with Gasteiger partial charge in [-0.25, -0.2) is 9.78 Å². The molecule has 0 heterocycles. The van der Waals surface area contributed by atoms with E-state index in [1.807, 2.05) is 0 Å². The molecule has 0 aromatic heterocycles. The molecule has 0 aliphatic heterocycles. The third-order valence-corrected chi connectivity index (χ3v) is 2.25. The summed E-state index contributed by atoms with van der Waals surface area (Å²) in [6.45, 7) is 7.13. The Morgan fingerprint density at radius 3 is 2.23 bits per heavy atom. The van der Waals surface area contributed by atoms with E-state index in [2.05, 4.69) is 20.8 Å². The van der Waals surface area contributed by atoms with Crippen LogP contribution >= 0.6 is 0 Å². The van der Waals surface area contributed by atoms with Crippen molar-refractivity contribution < 1.29 is 9.78 Å². The molecule has 0 saturated heterocycles. The van der Waals surface area contributed by atoms with E-state index < -0.39 is 0 Å². The lowest BCUT2D eigenvalue weighted by molar-refractivity contribution is -0.338. The minimum Gasteiger partial charge on any atom is -0.236 e. The molecule has 2 heteroatoms. The van der Waals surface area contributed by atoms with E-state index in [1.54, 1.807) is 0 Å². The molecule has 0 atom stereocenters. The van der Waals surface area contributed by atoms with Gasteiger partial charge in [0.25, 0.3) is 0 Å². The van der Waals surface area contributed by atoms with Crippen molar-refractivity contribution in [2.75, 3.05) is 6.61 Å². The van der Waals surface area contributed by atoms with Gasteiger partial charge >= 0.3 is 0 Å². The van der Waals surface area contributed by atoms with Crippen LogP contribution in [-0.2, 0) is 9.78 Å². The van der Waals surface area contributed by atoms with Gasteiger partial charge in [0.15, 0.2) is 0 Å². The van der Waals surface area contributed by atoms with Crippen molar-refractivity contribution in [2.24, 2.45) is 5.41 Å². The number of hydrogen-bond acceptors (Lipinski definition) is 2. The van der Waals surface area contributed by atoms with Gasteiger partial charge in [-0.2, -0.15) is 0 Å². The molecule has 1 aliphatic carbocycles. The second kappa shape index (κ2) is 4.97. The van der Waals surface area contributed by atoms with E-state index in [4.69, 9.17) is 9.78 Å². The first kappa shape index (κ1) is 11.0. The van der Waals surface area contributed by atoms with Crippen LogP contribution in [0.4, 0.5) is 0 Å². The summed E-state index contributed by atoms with van der Waals surface area (Å²) >= 11 is 0. The number of rotatable bonds is 3. The van der Waals surface area contributed by atoms with E-state index in [0.29, 0.717) is 12.7 Å². The van der Waals surface area contributed by atoms with E-state index in [0.717, 1.165) is 0 Å². The van der Waals surface area contributed by atoms with Crippen LogP contribution in [0.15, 0.2) is 0 Å². The quantitative estimate of drug-likeness (QED) is 0.497. The Morgan fingerprint density at radius 1 is 1.08 bits per heavy atom. The SMILES string of the molecule is CC(C)(C)COOC1CCCCC1. The van der Waals surface area contributed by atoms with Crippen LogP contribution in [0.3, 0.4) is 0 Å². The molecule has 1 fully saturated rings. The Hall–Kier alpha value is -0.0800. The molecular formula is C11H22O2. The summed E-state index contributed by atoms with van der Waals surface area (Å²) in [6.07, 6.45) is 6.65. The highest BCUT2D eigenvalue weighted by atomic mass is 17.2. The molecule has 0 radical (unpaired) electrons. The summed E-state index contributed by atoms with van der Waals surface area (Å²) in [6, 6.07) is 0. The van der Waals surface area contributed by atoms with Crippen molar-refractivity contribution in [1.82, 2.24) is 0 Å². The Bertz CT molecular complexity index is 132. The standard InChI is InChI=1S/C11H22O2/c1-11(2,3)9-12-13-10-7-5-4-6-8-10/h10H,4-9H2,1-3H3. The fourth-order valence-electron chi connectivity index (χ4n) is 1.47. The van der Waals surface area contributed by atoms with Gasteiger partial charge in [0.05, 0.1) is 12.7 Å². The first-order chi connectivity index (χ1) is 6.08. The van der Waals surface area contributed by atoms with Gasteiger partial charge in [0.2, 0.25) is 0 Å². The lowest BCUT2D eigenvalue weighted by atomic mass is 9.98. The molecule has 0 bridgehead atoms. The predicted molar refractivity (Wildman–Crippen MR) is 53.4 cm³/mol. The second-order valence-electron chi connectivity index (χ2n) is 5.18. The zero-order chi connectivity index (χ0) is 9.73. The maximum Gasteiger partial charge on any atom is 0.0930 e. The van der Waals surface area contributed by atoms with Gasteiger partial charge < -0.3 is 0 Å². The maximum atomic E-state index is 5.36. The van der Waals surface area contributed by atoms with Gasteiger partial charge in [-0.15, -0.1) is 0 Å². The molecule has 1 rings (SSSR count). The molecule has 0 spiro atoms. The molecule has 1 aliphatic rings. The van der Waals surface area contributed by atoms with Gasteiger partial charge in [-0.3, -0.25) is 0 Å². The zero-order valence-electron chi connectivity index (χ0n) is 9.14. The van der Waals surface area contributed by atoms with Crippen LogP contribution in [-0.4, -0.2) is 12.7 Å². The van der Waals surface area contributed by atoms with E-state index in [9.17, 15) is 0 Å². The van der Waals surface area contributed by atoms with E-state index in [1.165, 1.54) is 32.1 Å². The van der Waals surface area contributed by atoms with Crippen molar-refractivity contribution >= 4 is 0 Å². The molecular weight excluding hydrogens is 164 g/mol. The van der Waals surface area contributed by atoms with Gasteiger partial charge in [-0.05, 0) is 18.3 Å². The van der Waals surface area contributed by atoms with Crippen LogP contribution in [0, 0.1) is 5.41 Å². The topological polar surface area (TPSA) is 18.5 Å². The summed E-state index contributed by atoms with van der Waals surface area (Å²) < 4.78 is 0. The molecule has 0 aromatic carbocycles. The minimum absolute atomic E-state index is 0.203. The summed E-state index contributed by atoms with van der Waals surface area (Å²) in [5, 5.41) is 0. The average Bonchev–Trinajstić information content (AvgIpc) is 2.04.